The van der Waals surface area contributed by atoms with Gasteiger partial charge in [-0.15, -0.1) is 0 Å². The van der Waals surface area contributed by atoms with Crippen LogP contribution >= 0.6 is 0 Å². The van der Waals surface area contributed by atoms with Gasteiger partial charge in [-0.05, 0) is 46.2 Å². The third-order valence-electron chi connectivity index (χ3n) is 3.74. The predicted molar refractivity (Wildman–Crippen MR) is 64.8 cm³/mol. The molecule has 2 aliphatic rings. The molecule has 2 saturated heterocycles. The lowest BCUT2D eigenvalue weighted by molar-refractivity contribution is 0.251. The smallest absolute Gasteiger partial charge is 0.216 e. The summed E-state index contributed by atoms with van der Waals surface area (Å²) in [7, 11) is -3.03. The van der Waals surface area contributed by atoms with Crippen LogP contribution in [0.2, 0.25) is 0 Å². The highest BCUT2D eigenvalue weighted by atomic mass is 32.2. The van der Waals surface area contributed by atoms with Crippen molar-refractivity contribution in [3.63, 3.8) is 0 Å². The molecule has 0 aliphatic carbocycles. The lowest BCUT2D eigenvalue weighted by Gasteiger charge is -2.24. The monoisotopic (exact) mass is 246 g/mol. The number of hydrogen-bond acceptors (Lipinski definition) is 3. The summed E-state index contributed by atoms with van der Waals surface area (Å²) >= 11 is 0. The molecule has 2 aliphatic heterocycles. The van der Waals surface area contributed by atoms with Gasteiger partial charge in [-0.2, -0.15) is 0 Å². The summed E-state index contributed by atoms with van der Waals surface area (Å²) in [6.07, 6.45) is 3.55. The Morgan fingerprint density at radius 3 is 2.31 bits per heavy atom. The second-order valence-corrected chi connectivity index (χ2v) is 7.63. The Morgan fingerprint density at radius 1 is 1.12 bits per heavy atom. The Hall–Kier alpha value is -0.130. The molecule has 0 aromatic carbocycles. The first-order chi connectivity index (χ1) is 7.51. The van der Waals surface area contributed by atoms with Crippen molar-refractivity contribution in [1.82, 2.24) is 9.21 Å². The first-order valence-electron chi connectivity index (χ1n) is 6.25. The van der Waals surface area contributed by atoms with Gasteiger partial charge < -0.3 is 0 Å². The summed E-state index contributed by atoms with van der Waals surface area (Å²) in [5, 5.41) is -0.287. The Labute approximate surface area is 98.7 Å². The predicted octanol–water partition coefficient (Wildman–Crippen LogP) is 0.895. The molecule has 0 amide bonds. The molecule has 2 rings (SSSR count). The van der Waals surface area contributed by atoms with Gasteiger partial charge >= 0.3 is 0 Å². The van der Waals surface area contributed by atoms with Crippen molar-refractivity contribution in [3.05, 3.63) is 0 Å². The molecule has 0 aromatic rings. The van der Waals surface area contributed by atoms with Crippen LogP contribution in [-0.2, 0) is 10.0 Å². The maximum absolute atomic E-state index is 12.0. The second-order valence-electron chi connectivity index (χ2n) is 5.14. The maximum atomic E-state index is 12.0. The SMILES string of the molecule is CC(C)S(=O)(=O)N1CCC(N2CCCC2)C1. The van der Waals surface area contributed by atoms with E-state index in [2.05, 4.69) is 4.90 Å². The number of hydrogen-bond donors (Lipinski definition) is 0. The van der Waals surface area contributed by atoms with E-state index in [4.69, 9.17) is 0 Å². The van der Waals surface area contributed by atoms with Gasteiger partial charge in [-0.3, -0.25) is 4.90 Å². The van der Waals surface area contributed by atoms with Crippen molar-refractivity contribution in [3.8, 4) is 0 Å². The van der Waals surface area contributed by atoms with E-state index in [1.165, 1.54) is 12.8 Å². The van der Waals surface area contributed by atoms with Gasteiger partial charge in [-0.25, -0.2) is 12.7 Å². The molecule has 0 spiro atoms. The van der Waals surface area contributed by atoms with E-state index in [0.29, 0.717) is 19.1 Å². The van der Waals surface area contributed by atoms with Gasteiger partial charge in [0.1, 0.15) is 0 Å². The van der Waals surface area contributed by atoms with Crippen LogP contribution < -0.4 is 0 Å². The first-order valence-corrected chi connectivity index (χ1v) is 7.75. The topological polar surface area (TPSA) is 40.6 Å². The minimum Gasteiger partial charge on any atom is -0.299 e. The summed E-state index contributed by atoms with van der Waals surface area (Å²) in [6.45, 7) is 7.25. The summed E-state index contributed by atoms with van der Waals surface area (Å²) in [6, 6.07) is 0.469. The van der Waals surface area contributed by atoms with Crippen molar-refractivity contribution >= 4 is 10.0 Å². The average Bonchev–Trinajstić information content (AvgIpc) is 2.88. The van der Waals surface area contributed by atoms with Crippen LogP contribution in [-0.4, -0.2) is 55.1 Å². The van der Waals surface area contributed by atoms with Gasteiger partial charge in [0, 0.05) is 19.1 Å². The van der Waals surface area contributed by atoms with Crippen molar-refractivity contribution in [2.75, 3.05) is 26.2 Å². The van der Waals surface area contributed by atoms with E-state index in [1.807, 2.05) is 0 Å². The number of nitrogens with zero attached hydrogens (tertiary/aromatic N) is 2. The lowest BCUT2D eigenvalue weighted by atomic mass is 10.2. The molecule has 2 heterocycles. The Bertz CT molecular complexity index is 334. The highest BCUT2D eigenvalue weighted by Gasteiger charge is 2.36. The third-order valence-corrected chi connectivity index (χ3v) is 5.98. The summed E-state index contributed by atoms with van der Waals surface area (Å²) in [4.78, 5) is 2.45. The molecule has 5 heteroatoms. The summed E-state index contributed by atoms with van der Waals surface area (Å²) in [5.74, 6) is 0. The van der Waals surface area contributed by atoms with Crippen molar-refractivity contribution in [2.45, 2.75) is 44.4 Å². The molecule has 4 nitrogen and oxygen atoms in total. The number of likely N-dealkylation sites (tertiary alicyclic amines) is 1. The number of sulfonamides is 1. The Balaban J connectivity index is 1.97. The quantitative estimate of drug-likeness (QED) is 0.743. The molecule has 0 N–H and O–H groups in total. The molecule has 0 radical (unpaired) electrons. The van der Waals surface area contributed by atoms with Crippen molar-refractivity contribution in [1.29, 1.82) is 0 Å². The fourth-order valence-corrected chi connectivity index (χ4v) is 3.98. The fourth-order valence-electron chi connectivity index (χ4n) is 2.64. The fraction of sp³-hybridized carbons (Fsp3) is 1.00. The van der Waals surface area contributed by atoms with Gasteiger partial charge in [0.15, 0.2) is 0 Å². The van der Waals surface area contributed by atoms with E-state index in [9.17, 15) is 8.42 Å². The minimum atomic E-state index is -3.03. The average molecular weight is 246 g/mol. The Morgan fingerprint density at radius 2 is 1.75 bits per heavy atom. The van der Waals surface area contributed by atoms with Crippen molar-refractivity contribution in [2.24, 2.45) is 0 Å². The standard InChI is InChI=1S/C11H22N2O2S/c1-10(2)16(14,15)13-8-5-11(9-13)12-6-3-4-7-12/h10-11H,3-9H2,1-2H3. The van der Waals surface area contributed by atoms with Crippen LogP contribution in [0.25, 0.3) is 0 Å². The van der Waals surface area contributed by atoms with E-state index in [-0.39, 0.29) is 5.25 Å². The normalized spacial score (nSPS) is 29.3. The second kappa shape index (κ2) is 4.63. The molecule has 1 atom stereocenters. The van der Waals surface area contributed by atoms with Gasteiger partial charge in [0.25, 0.3) is 0 Å². The van der Waals surface area contributed by atoms with E-state index < -0.39 is 10.0 Å². The van der Waals surface area contributed by atoms with Crippen LogP contribution in [0.5, 0.6) is 0 Å². The van der Waals surface area contributed by atoms with Crippen LogP contribution in [0, 0.1) is 0 Å². The summed E-state index contributed by atoms with van der Waals surface area (Å²) < 4.78 is 25.7. The van der Waals surface area contributed by atoms with Crippen molar-refractivity contribution < 1.29 is 8.42 Å². The van der Waals surface area contributed by atoms with E-state index in [1.54, 1.807) is 18.2 Å². The van der Waals surface area contributed by atoms with Gasteiger partial charge in [0.05, 0.1) is 5.25 Å². The minimum absolute atomic E-state index is 0.287. The van der Waals surface area contributed by atoms with E-state index in [0.717, 1.165) is 19.5 Å². The summed E-state index contributed by atoms with van der Waals surface area (Å²) in [5.41, 5.74) is 0. The lowest BCUT2D eigenvalue weighted by Crippen LogP contribution is -2.39. The molecule has 0 saturated carbocycles. The molecule has 0 bridgehead atoms. The van der Waals surface area contributed by atoms with Crippen LogP contribution in [0.3, 0.4) is 0 Å². The molecule has 2 fully saturated rings. The van der Waals surface area contributed by atoms with Crippen LogP contribution in [0.4, 0.5) is 0 Å². The third kappa shape index (κ3) is 2.26. The van der Waals surface area contributed by atoms with Crippen LogP contribution in [0.1, 0.15) is 33.1 Å². The zero-order valence-electron chi connectivity index (χ0n) is 10.2. The zero-order chi connectivity index (χ0) is 11.8. The first kappa shape index (κ1) is 12.3. The molecular formula is C11H22N2O2S. The zero-order valence-corrected chi connectivity index (χ0v) is 11.0. The molecular weight excluding hydrogens is 224 g/mol. The highest BCUT2D eigenvalue weighted by Crippen LogP contribution is 2.23. The molecule has 94 valence electrons. The van der Waals surface area contributed by atoms with Crippen LogP contribution in [0.15, 0.2) is 0 Å². The number of rotatable bonds is 3. The molecule has 1 unspecified atom stereocenters. The highest BCUT2D eigenvalue weighted by molar-refractivity contribution is 7.89. The van der Waals surface area contributed by atoms with Gasteiger partial charge in [-0.1, -0.05) is 0 Å². The van der Waals surface area contributed by atoms with Gasteiger partial charge in [0.2, 0.25) is 10.0 Å². The van der Waals surface area contributed by atoms with E-state index >= 15 is 0 Å². The molecule has 16 heavy (non-hydrogen) atoms. The largest absolute Gasteiger partial charge is 0.299 e. The Kier molecular flexibility index (Phi) is 3.56. The maximum Gasteiger partial charge on any atom is 0.216 e. The molecule has 0 aromatic heterocycles.